The Morgan fingerprint density at radius 1 is 1.08 bits per heavy atom. The number of aliphatic hydroxyl groups excluding tert-OH is 1. The molecule has 10 nitrogen and oxygen atoms in total. The molecular weight excluding hydrogens is 492 g/mol. The summed E-state index contributed by atoms with van der Waals surface area (Å²) in [7, 11) is -3.47. The fourth-order valence-corrected chi connectivity index (χ4v) is 4.79. The number of carbonyl (C=O) groups excluding carboxylic acids is 1. The molecule has 11 heteroatoms. The average molecular weight is 519 g/mol. The number of amides is 1. The molecule has 37 heavy (non-hydrogen) atoms. The van der Waals surface area contributed by atoms with Gasteiger partial charge in [0.25, 0.3) is 5.91 Å². The quantitative estimate of drug-likeness (QED) is 0.393. The van der Waals surface area contributed by atoms with E-state index in [0.717, 1.165) is 29.7 Å². The lowest BCUT2D eigenvalue weighted by Crippen LogP contribution is -2.23. The van der Waals surface area contributed by atoms with E-state index in [2.05, 4.69) is 20.2 Å². The summed E-state index contributed by atoms with van der Waals surface area (Å²) in [6.45, 7) is 3.46. The second-order valence-electron chi connectivity index (χ2n) is 9.26. The lowest BCUT2D eigenvalue weighted by atomic mass is 10.1. The third kappa shape index (κ3) is 5.42. The van der Waals surface area contributed by atoms with Gasteiger partial charge in [0, 0.05) is 49.2 Å². The Hall–Kier alpha value is -3.96. The van der Waals surface area contributed by atoms with Crippen LogP contribution in [-0.2, 0) is 16.4 Å². The zero-order valence-electron chi connectivity index (χ0n) is 20.4. The van der Waals surface area contributed by atoms with Crippen molar-refractivity contribution < 1.29 is 18.3 Å². The third-order valence-corrected chi connectivity index (χ3v) is 7.44. The predicted molar refractivity (Wildman–Crippen MR) is 139 cm³/mol. The predicted octanol–water partition coefficient (Wildman–Crippen LogP) is 2.24. The van der Waals surface area contributed by atoms with Crippen molar-refractivity contribution >= 4 is 32.5 Å². The van der Waals surface area contributed by atoms with Crippen LogP contribution in [0.15, 0.2) is 66.0 Å². The van der Waals surface area contributed by atoms with E-state index < -0.39 is 15.7 Å². The van der Waals surface area contributed by atoms with Gasteiger partial charge in [-0.15, -0.1) is 0 Å². The number of anilines is 1. The number of fused-ring (bicyclic) bond motifs is 1. The Kier molecular flexibility index (Phi) is 6.57. The minimum atomic E-state index is -3.47. The molecule has 0 unspecified atom stereocenters. The summed E-state index contributed by atoms with van der Waals surface area (Å²) in [5.74, 6) is 0.537. The number of nitrogens with zero attached hydrogens (tertiary/aromatic N) is 5. The maximum Gasteiger partial charge on any atom is 0.253 e. The van der Waals surface area contributed by atoms with Gasteiger partial charge in [-0.3, -0.25) is 14.8 Å². The fourth-order valence-electron chi connectivity index (χ4n) is 4.19. The number of pyridine rings is 4. The number of hydrogen-bond acceptors (Lipinski definition) is 9. The molecule has 4 aromatic rings. The molecule has 5 heterocycles. The average Bonchev–Trinajstić information content (AvgIpc) is 3.24. The van der Waals surface area contributed by atoms with Gasteiger partial charge < -0.3 is 15.3 Å². The highest BCUT2D eigenvalue weighted by Crippen LogP contribution is 2.26. The smallest absolute Gasteiger partial charge is 0.253 e. The van der Waals surface area contributed by atoms with Crippen LogP contribution in [0.2, 0.25) is 0 Å². The first-order valence-corrected chi connectivity index (χ1v) is 13.7. The Labute approximate surface area is 214 Å². The van der Waals surface area contributed by atoms with Crippen LogP contribution >= 0.6 is 0 Å². The molecule has 2 atom stereocenters. The van der Waals surface area contributed by atoms with Gasteiger partial charge in [-0.05, 0) is 36.4 Å². The molecule has 5 rings (SSSR count). The second-order valence-corrected chi connectivity index (χ2v) is 11.3. The van der Waals surface area contributed by atoms with Crippen molar-refractivity contribution in [3.8, 4) is 11.4 Å². The third-order valence-electron chi connectivity index (χ3n) is 6.36. The highest BCUT2D eigenvalue weighted by Gasteiger charge is 2.28. The van der Waals surface area contributed by atoms with Gasteiger partial charge in [-0.2, -0.15) is 0 Å². The molecule has 1 aliphatic rings. The number of sulfone groups is 1. The van der Waals surface area contributed by atoms with Gasteiger partial charge in [-0.1, -0.05) is 13.0 Å². The maximum absolute atomic E-state index is 12.6. The van der Waals surface area contributed by atoms with E-state index >= 15 is 0 Å². The molecule has 1 aliphatic heterocycles. The van der Waals surface area contributed by atoms with E-state index in [1.54, 1.807) is 12.3 Å². The molecular formula is C26H26N6O4S. The molecule has 0 spiro atoms. The number of β-amino-alcohol motifs (C(OH)–C–C–N with tert-alkyl or cyclic N) is 1. The summed E-state index contributed by atoms with van der Waals surface area (Å²) in [4.78, 5) is 32.4. The largest absolute Gasteiger partial charge is 0.391 e. The molecule has 4 aromatic heterocycles. The van der Waals surface area contributed by atoms with Crippen LogP contribution in [0.25, 0.3) is 22.3 Å². The number of nitrogens with one attached hydrogen (secondary N) is 1. The number of aromatic nitrogens is 4. The lowest BCUT2D eigenvalue weighted by Gasteiger charge is -2.17. The van der Waals surface area contributed by atoms with Gasteiger partial charge in [0.1, 0.15) is 5.82 Å². The van der Waals surface area contributed by atoms with Crippen molar-refractivity contribution in [3.05, 3.63) is 72.3 Å². The van der Waals surface area contributed by atoms with Crippen LogP contribution in [0.3, 0.4) is 0 Å². The van der Waals surface area contributed by atoms with Crippen LogP contribution < -0.4 is 10.2 Å². The van der Waals surface area contributed by atoms with Crippen LogP contribution in [0, 0.1) is 5.92 Å². The number of hydrogen-bond donors (Lipinski definition) is 2. The first kappa shape index (κ1) is 24.7. The Balaban J connectivity index is 1.34. The summed E-state index contributed by atoms with van der Waals surface area (Å²) in [6, 6.07) is 12.7. The van der Waals surface area contributed by atoms with E-state index in [0.29, 0.717) is 23.4 Å². The van der Waals surface area contributed by atoms with E-state index in [4.69, 9.17) is 9.97 Å². The SMILES string of the molecule is C[C@@H]1CN(c2cccc(-c3ccc4cnc(CNC(=O)c5cncc(S(C)(=O)=O)c5)cc4n3)n2)C[C@H]1O. The summed E-state index contributed by atoms with van der Waals surface area (Å²) in [5, 5.41) is 13.7. The minimum absolute atomic E-state index is 0.0196. The standard InChI is InChI=1S/C26H26N6O4S/c1-16-14-32(15-24(16)33)25-5-3-4-21(31-25)22-7-6-17-11-28-19(9-23(17)30-22)12-29-26(34)18-8-20(13-27-10-18)37(2,35)36/h3-11,13,16,24,33H,12,14-15H2,1-2H3,(H,29,34)/t16-,24-/m1/s1. The normalized spacial score (nSPS) is 17.8. The van der Waals surface area contributed by atoms with Gasteiger partial charge in [0.05, 0.1) is 45.7 Å². The molecule has 190 valence electrons. The Bertz CT molecular complexity index is 1580. The molecule has 0 bridgehead atoms. The van der Waals surface area contributed by atoms with Crippen molar-refractivity contribution in [3.63, 3.8) is 0 Å². The topological polar surface area (TPSA) is 138 Å². The molecule has 1 fully saturated rings. The molecule has 1 saturated heterocycles. The van der Waals surface area contributed by atoms with Crippen LogP contribution in [-0.4, -0.2) is 64.8 Å². The number of aliphatic hydroxyl groups is 1. The van der Waals surface area contributed by atoms with Crippen molar-refractivity contribution in [2.45, 2.75) is 24.5 Å². The molecule has 0 aromatic carbocycles. The first-order chi connectivity index (χ1) is 17.7. The molecule has 0 radical (unpaired) electrons. The number of rotatable bonds is 6. The van der Waals surface area contributed by atoms with Gasteiger partial charge >= 0.3 is 0 Å². The van der Waals surface area contributed by atoms with Crippen molar-refractivity contribution in [2.24, 2.45) is 5.92 Å². The van der Waals surface area contributed by atoms with Gasteiger partial charge in [-0.25, -0.2) is 18.4 Å². The minimum Gasteiger partial charge on any atom is -0.391 e. The Morgan fingerprint density at radius 2 is 1.89 bits per heavy atom. The second kappa shape index (κ2) is 9.83. The molecule has 0 aliphatic carbocycles. The zero-order chi connectivity index (χ0) is 26.2. The number of carbonyl (C=O) groups is 1. The highest BCUT2D eigenvalue weighted by atomic mass is 32.2. The monoisotopic (exact) mass is 518 g/mol. The van der Waals surface area contributed by atoms with E-state index in [1.807, 2.05) is 37.3 Å². The fraction of sp³-hybridized carbons (Fsp3) is 0.269. The van der Waals surface area contributed by atoms with Crippen molar-refractivity contribution in [1.29, 1.82) is 0 Å². The van der Waals surface area contributed by atoms with Gasteiger partial charge in [0.2, 0.25) is 0 Å². The molecule has 0 saturated carbocycles. The van der Waals surface area contributed by atoms with Crippen LogP contribution in [0.1, 0.15) is 23.0 Å². The highest BCUT2D eigenvalue weighted by molar-refractivity contribution is 7.90. The first-order valence-electron chi connectivity index (χ1n) is 11.8. The van der Waals surface area contributed by atoms with Crippen LogP contribution in [0.4, 0.5) is 5.82 Å². The molecule has 2 N–H and O–H groups in total. The zero-order valence-corrected chi connectivity index (χ0v) is 21.2. The molecule has 1 amide bonds. The Morgan fingerprint density at radius 3 is 2.65 bits per heavy atom. The maximum atomic E-state index is 12.6. The van der Waals surface area contributed by atoms with Gasteiger partial charge in [0.15, 0.2) is 9.84 Å². The van der Waals surface area contributed by atoms with Crippen LogP contribution in [0.5, 0.6) is 0 Å². The van der Waals surface area contributed by atoms with Crippen molar-refractivity contribution in [2.75, 3.05) is 24.2 Å². The van der Waals surface area contributed by atoms with E-state index in [-0.39, 0.29) is 29.0 Å². The van der Waals surface area contributed by atoms with Crippen molar-refractivity contribution in [1.82, 2.24) is 25.3 Å². The van der Waals surface area contributed by atoms with E-state index in [1.165, 1.54) is 18.5 Å². The summed E-state index contributed by atoms with van der Waals surface area (Å²) in [5.41, 5.74) is 2.87. The summed E-state index contributed by atoms with van der Waals surface area (Å²) >= 11 is 0. The lowest BCUT2D eigenvalue weighted by molar-refractivity contribution is 0.0949. The summed E-state index contributed by atoms with van der Waals surface area (Å²) < 4.78 is 23.5. The summed E-state index contributed by atoms with van der Waals surface area (Å²) in [6.07, 6.45) is 4.91. The van der Waals surface area contributed by atoms with E-state index in [9.17, 15) is 18.3 Å².